The molecule has 1 saturated heterocycles. The number of carboxylic acids is 1. The first-order valence-corrected chi connectivity index (χ1v) is 6.14. The van der Waals surface area contributed by atoms with Crippen LogP contribution in [0.15, 0.2) is 0 Å². The van der Waals surface area contributed by atoms with Gasteiger partial charge in [-0.3, -0.25) is 9.59 Å². The van der Waals surface area contributed by atoms with Gasteiger partial charge in [0.15, 0.2) is 0 Å². The molecule has 0 aromatic rings. The van der Waals surface area contributed by atoms with Crippen LogP contribution in [0.1, 0.15) is 39.5 Å². The predicted octanol–water partition coefficient (Wildman–Crippen LogP) is 1.59. The molecule has 1 atom stereocenters. The lowest BCUT2D eigenvalue weighted by atomic mass is 9.81. The number of ketones is 1. The lowest BCUT2D eigenvalue weighted by molar-refractivity contribution is -0.147. The van der Waals surface area contributed by atoms with E-state index in [4.69, 9.17) is 5.11 Å². The minimum Gasteiger partial charge on any atom is -0.481 e. The van der Waals surface area contributed by atoms with Gasteiger partial charge in [0.25, 0.3) is 0 Å². The molecule has 1 aliphatic heterocycles. The van der Waals surface area contributed by atoms with Crippen molar-refractivity contribution in [1.82, 2.24) is 4.90 Å². The number of aliphatic carboxylic acids is 1. The highest BCUT2D eigenvalue weighted by atomic mass is 16.4. The van der Waals surface area contributed by atoms with Crippen LogP contribution in [0.3, 0.4) is 0 Å². The quantitative estimate of drug-likeness (QED) is 0.748. The summed E-state index contributed by atoms with van der Waals surface area (Å²) in [7, 11) is 0. The van der Waals surface area contributed by atoms with Gasteiger partial charge in [0, 0.05) is 18.5 Å². The number of Topliss-reactive ketones (excluding diaryl/α,β-unsaturated/α-hetero) is 1. The summed E-state index contributed by atoms with van der Waals surface area (Å²) >= 11 is 0. The van der Waals surface area contributed by atoms with Gasteiger partial charge < -0.3 is 15.1 Å². The van der Waals surface area contributed by atoms with E-state index in [0.717, 1.165) is 0 Å². The Morgan fingerprint density at radius 2 is 1.89 bits per heavy atom. The summed E-state index contributed by atoms with van der Waals surface area (Å²) in [5, 5.41) is 18.3. The Hall–Kier alpha value is -1.59. The summed E-state index contributed by atoms with van der Waals surface area (Å²) < 4.78 is 0. The highest BCUT2D eigenvalue weighted by Crippen LogP contribution is 2.35. The molecule has 2 N–H and O–H groups in total. The van der Waals surface area contributed by atoms with Crippen LogP contribution < -0.4 is 0 Å². The number of likely N-dealkylation sites (tertiary alicyclic amines) is 1. The molecule has 1 unspecified atom stereocenters. The number of hydrogen-bond acceptors (Lipinski definition) is 3. The highest BCUT2D eigenvalue weighted by molar-refractivity contribution is 5.98. The molecule has 18 heavy (non-hydrogen) atoms. The molecule has 1 heterocycles. The Balaban J connectivity index is 3.16. The van der Waals surface area contributed by atoms with E-state index in [0.29, 0.717) is 12.8 Å². The summed E-state index contributed by atoms with van der Waals surface area (Å²) in [6, 6.07) is 0. The second-order valence-corrected chi connectivity index (χ2v) is 4.68. The van der Waals surface area contributed by atoms with Gasteiger partial charge in [-0.25, -0.2) is 4.79 Å². The number of carboxylic acid groups (broad SMARTS) is 2. The molecule has 1 amide bonds. The molecule has 0 aliphatic carbocycles. The maximum absolute atomic E-state index is 11.7. The van der Waals surface area contributed by atoms with E-state index in [1.165, 1.54) is 4.90 Å². The molecule has 0 spiro atoms. The first-order chi connectivity index (χ1) is 8.38. The molecule has 1 rings (SSSR count). The smallest absolute Gasteiger partial charge is 0.407 e. The Labute approximate surface area is 106 Å². The van der Waals surface area contributed by atoms with Crippen LogP contribution >= 0.6 is 0 Å². The van der Waals surface area contributed by atoms with Crippen LogP contribution in [0.5, 0.6) is 0 Å². The fourth-order valence-corrected chi connectivity index (χ4v) is 2.68. The fourth-order valence-electron chi connectivity index (χ4n) is 2.68. The third-order valence-electron chi connectivity index (χ3n) is 3.97. The summed E-state index contributed by atoms with van der Waals surface area (Å²) in [5.41, 5.74) is -0.749. The van der Waals surface area contributed by atoms with Crippen molar-refractivity contribution in [2.24, 2.45) is 5.92 Å². The maximum Gasteiger partial charge on any atom is 0.407 e. The summed E-state index contributed by atoms with van der Waals surface area (Å²) in [6.45, 7) is 3.74. The Morgan fingerprint density at radius 3 is 2.28 bits per heavy atom. The third-order valence-corrected chi connectivity index (χ3v) is 3.97. The molecular formula is C12H19NO5. The van der Waals surface area contributed by atoms with Gasteiger partial charge in [0.1, 0.15) is 11.7 Å². The number of hydrogen-bond donors (Lipinski definition) is 2. The van der Waals surface area contributed by atoms with Crippen LogP contribution in [0.4, 0.5) is 4.79 Å². The van der Waals surface area contributed by atoms with Crippen LogP contribution in [0, 0.1) is 5.92 Å². The Kier molecular flexibility index (Phi) is 4.32. The molecule has 0 radical (unpaired) electrons. The molecule has 6 heteroatoms. The van der Waals surface area contributed by atoms with Crippen LogP contribution in [0.2, 0.25) is 0 Å². The van der Waals surface area contributed by atoms with Crippen molar-refractivity contribution in [2.45, 2.75) is 45.1 Å². The van der Waals surface area contributed by atoms with Crippen molar-refractivity contribution in [3.63, 3.8) is 0 Å². The number of carbonyl (C=O) groups is 3. The van der Waals surface area contributed by atoms with E-state index in [-0.39, 0.29) is 25.2 Å². The molecule has 0 saturated carbocycles. The number of amides is 1. The number of rotatable bonds is 3. The molecule has 0 bridgehead atoms. The van der Waals surface area contributed by atoms with Gasteiger partial charge in [-0.2, -0.15) is 0 Å². The van der Waals surface area contributed by atoms with Crippen molar-refractivity contribution in [3.05, 3.63) is 0 Å². The summed E-state index contributed by atoms with van der Waals surface area (Å²) in [4.78, 5) is 35.4. The van der Waals surface area contributed by atoms with Crippen molar-refractivity contribution >= 4 is 17.8 Å². The molecule has 6 nitrogen and oxygen atoms in total. The molecule has 1 aliphatic rings. The largest absolute Gasteiger partial charge is 0.481 e. The minimum atomic E-state index is -1.15. The van der Waals surface area contributed by atoms with E-state index in [1.807, 2.05) is 13.8 Å². The predicted molar refractivity (Wildman–Crippen MR) is 63.4 cm³/mol. The van der Waals surface area contributed by atoms with Gasteiger partial charge in [-0.05, 0) is 19.3 Å². The van der Waals surface area contributed by atoms with Gasteiger partial charge in [0.2, 0.25) is 0 Å². The second-order valence-electron chi connectivity index (χ2n) is 4.68. The highest BCUT2D eigenvalue weighted by Gasteiger charge is 2.45. The zero-order chi connectivity index (χ0) is 13.9. The SMILES string of the molecule is CCC1(CC)CC(C(=O)O)C(=O)CCN1C(=O)O. The van der Waals surface area contributed by atoms with Gasteiger partial charge in [0.05, 0.1) is 0 Å². The van der Waals surface area contributed by atoms with Crippen molar-refractivity contribution < 1.29 is 24.6 Å². The van der Waals surface area contributed by atoms with Crippen LogP contribution in [-0.2, 0) is 9.59 Å². The zero-order valence-corrected chi connectivity index (χ0v) is 10.7. The lowest BCUT2D eigenvalue weighted by Gasteiger charge is -2.40. The van der Waals surface area contributed by atoms with Crippen LogP contribution in [0.25, 0.3) is 0 Å². The number of nitrogens with zero attached hydrogens (tertiary/aromatic N) is 1. The lowest BCUT2D eigenvalue weighted by Crippen LogP contribution is -2.51. The van der Waals surface area contributed by atoms with Crippen molar-refractivity contribution in [1.29, 1.82) is 0 Å². The topological polar surface area (TPSA) is 94.9 Å². The van der Waals surface area contributed by atoms with E-state index in [1.54, 1.807) is 0 Å². The standard InChI is InChI=1S/C12H19NO5/c1-3-12(4-2)7-8(10(15)16)9(14)5-6-13(12)11(17)18/h8H,3-7H2,1-2H3,(H,15,16)(H,17,18). The molecule has 102 valence electrons. The van der Waals surface area contributed by atoms with Crippen molar-refractivity contribution in [3.8, 4) is 0 Å². The molecule has 0 aromatic carbocycles. The van der Waals surface area contributed by atoms with Crippen molar-refractivity contribution in [2.75, 3.05) is 6.54 Å². The molecule has 1 fully saturated rings. The normalized spacial score (nSPS) is 23.6. The number of carbonyl (C=O) groups excluding carboxylic acids is 1. The Bertz CT molecular complexity index is 361. The van der Waals surface area contributed by atoms with Gasteiger partial charge >= 0.3 is 12.1 Å². The molecular weight excluding hydrogens is 238 g/mol. The maximum atomic E-state index is 11.7. The Morgan fingerprint density at radius 1 is 1.33 bits per heavy atom. The fraction of sp³-hybridized carbons (Fsp3) is 0.750. The zero-order valence-electron chi connectivity index (χ0n) is 10.7. The van der Waals surface area contributed by atoms with Gasteiger partial charge in [-0.1, -0.05) is 13.8 Å². The van der Waals surface area contributed by atoms with E-state index >= 15 is 0 Å². The monoisotopic (exact) mass is 257 g/mol. The van der Waals surface area contributed by atoms with Crippen LogP contribution in [-0.4, -0.2) is 45.0 Å². The second kappa shape index (κ2) is 5.37. The van der Waals surface area contributed by atoms with Gasteiger partial charge in [-0.15, -0.1) is 0 Å². The van der Waals surface area contributed by atoms with E-state index in [2.05, 4.69) is 0 Å². The minimum absolute atomic E-state index is 0.0228. The average Bonchev–Trinajstić information content (AvgIpc) is 2.46. The first kappa shape index (κ1) is 14.5. The van der Waals surface area contributed by atoms with E-state index < -0.39 is 23.5 Å². The average molecular weight is 257 g/mol. The molecule has 0 aromatic heterocycles. The summed E-state index contributed by atoms with van der Waals surface area (Å²) in [5.74, 6) is -2.62. The third kappa shape index (κ3) is 2.47. The summed E-state index contributed by atoms with van der Waals surface area (Å²) in [6.07, 6.45) is -0.0249. The first-order valence-electron chi connectivity index (χ1n) is 6.14. The van der Waals surface area contributed by atoms with E-state index in [9.17, 15) is 19.5 Å².